The Morgan fingerprint density at radius 3 is 2.58 bits per heavy atom. The van der Waals surface area contributed by atoms with Gasteiger partial charge in [0.25, 0.3) is 0 Å². The third-order valence-corrected chi connectivity index (χ3v) is 5.08. The molecule has 1 fully saturated rings. The van der Waals surface area contributed by atoms with E-state index in [9.17, 15) is 9.59 Å². The predicted molar refractivity (Wildman–Crippen MR) is 107 cm³/mol. The van der Waals surface area contributed by atoms with Crippen LogP contribution in [0.15, 0.2) is 47.4 Å². The van der Waals surface area contributed by atoms with Gasteiger partial charge in [-0.15, -0.1) is 11.8 Å². The van der Waals surface area contributed by atoms with Crippen LogP contribution >= 0.6 is 11.8 Å². The number of thioether (sulfide) groups is 1. The molecule has 1 aliphatic heterocycles. The largest absolute Gasteiger partial charge is 0.326 e. The normalized spacial score (nSPS) is 16.7. The van der Waals surface area contributed by atoms with Gasteiger partial charge in [0, 0.05) is 22.8 Å². The summed E-state index contributed by atoms with van der Waals surface area (Å²) in [6, 6.07) is 12.8. The summed E-state index contributed by atoms with van der Waals surface area (Å²) in [6.07, 6.45) is 2.59. The van der Waals surface area contributed by atoms with Gasteiger partial charge in [-0.05, 0) is 68.0 Å². The first kappa shape index (κ1) is 18.3. The van der Waals surface area contributed by atoms with E-state index in [-0.39, 0.29) is 11.9 Å². The number of nitrogens with zero attached hydrogens (tertiary/aromatic N) is 1. The fraction of sp³-hybridized carbons (Fsp3) is 0.300. The smallest absolute Gasteiger partial charge is 0.319 e. The lowest BCUT2D eigenvalue weighted by Gasteiger charge is -2.18. The standard InChI is InChI=1S/C20H23N3O2S/c1-13-9-14(2)11-16(10-13)23-8-7-18(19(23)24)22-20(25)21-15-5-4-6-17(12-15)26-3/h4-6,9-12,18H,7-8H2,1-3H3,(H2,21,22,25)/t18-/m0/s1. The molecule has 2 N–H and O–H groups in total. The highest BCUT2D eigenvalue weighted by atomic mass is 32.2. The molecule has 1 aliphatic rings. The molecule has 0 unspecified atom stereocenters. The van der Waals surface area contributed by atoms with Gasteiger partial charge >= 0.3 is 6.03 Å². The molecule has 1 heterocycles. The van der Waals surface area contributed by atoms with Gasteiger partial charge in [-0.25, -0.2) is 4.79 Å². The number of nitrogens with one attached hydrogen (secondary N) is 2. The van der Waals surface area contributed by atoms with Gasteiger partial charge in [0.2, 0.25) is 5.91 Å². The highest BCUT2D eigenvalue weighted by Crippen LogP contribution is 2.24. The van der Waals surface area contributed by atoms with Crippen molar-refractivity contribution in [2.75, 3.05) is 23.0 Å². The molecule has 2 aromatic rings. The van der Waals surface area contributed by atoms with Crippen LogP contribution in [0.2, 0.25) is 0 Å². The van der Waals surface area contributed by atoms with Crippen LogP contribution in [0, 0.1) is 13.8 Å². The van der Waals surface area contributed by atoms with Crippen LogP contribution in [0.4, 0.5) is 16.2 Å². The molecule has 2 aromatic carbocycles. The molecule has 0 aliphatic carbocycles. The van der Waals surface area contributed by atoms with Crippen molar-refractivity contribution in [3.8, 4) is 0 Å². The van der Waals surface area contributed by atoms with Crippen molar-refractivity contribution in [2.24, 2.45) is 0 Å². The van der Waals surface area contributed by atoms with E-state index in [0.29, 0.717) is 18.7 Å². The maximum Gasteiger partial charge on any atom is 0.319 e. The van der Waals surface area contributed by atoms with Crippen LogP contribution in [0.1, 0.15) is 17.5 Å². The minimum atomic E-state index is -0.500. The van der Waals surface area contributed by atoms with Crippen molar-refractivity contribution in [1.82, 2.24) is 5.32 Å². The molecule has 3 amide bonds. The van der Waals surface area contributed by atoms with E-state index in [1.165, 1.54) is 0 Å². The summed E-state index contributed by atoms with van der Waals surface area (Å²) in [5, 5.41) is 5.60. The van der Waals surface area contributed by atoms with E-state index in [0.717, 1.165) is 21.7 Å². The molecule has 5 nitrogen and oxygen atoms in total. The monoisotopic (exact) mass is 369 g/mol. The first-order chi connectivity index (χ1) is 12.5. The van der Waals surface area contributed by atoms with Gasteiger partial charge in [0.1, 0.15) is 6.04 Å². The van der Waals surface area contributed by atoms with Gasteiger partial charge in [0.05, 0.1) is 0 Å². The zero-order valence-corrected chi connectivity index (χ0v) is 16.0. The maximum atomic E-state index is 12.7. The van der Waals surface area contributed by atoms with Crippen molar-refractivity contribution < 1.29 is 9.59 Å². The number of amides is 3. The summed E-state index contributed by atoms with van der Waals surface area (Å²) in [4.78, 5) is 27.8. The first-order valence-electron chi connectivity index (χ1n) is 8.57. The topological polar surface area (TPSA) is 61.4 Å². The summed E-state index contributed by atoms with van der Waals surface area (Å²) in [5.41, 5.74) is 3.85. The zero-order valence-electron chi connectivity index (χ0n) is 15.2. The predicted octanol–water partition coefficient (Wildman–Crippen LogP) is 3.95. The van der Waals surface area contributed by atoms with Crippen LogP contribution in [0.5, 0.6) is 0 Å². The molecule has 0 spiro atoms. The molecule has 3 rings (SSSR count). The Morgan fingerprint density at radius 2 is 1.88 bits per heavy atom. The summed E-state index contributed by atoms with van der Waals surface area (Å²) >= 11 is 1.61. The van der Waals surface area contributed by atoms with Gasteiger partial charge in [0.15, 0.2) is 0 Å². The average Bonchev–Trinajstić information content (AvgIpc) is 2.94. The Hall–Kier alpha value is -2.47. The highest BCUT2D eigenvalue weighted by Gasteiger charge is 2.33. The lowest BCUT2D eigenvalue weighted by atomic mass is 10.1. The molecule has 1 saturated heterocycles. The van der Waals surface area contributed by atoms with Gasteiger partial charge in [-0.1, -0.05) is 12.1 Å². The minimum absolute atomic E-state index is 0.0667. The zero-order chi connectivity index (χ0) is 18.7. The molecule has 6 heteroatoms. The fourth-order valence-electron chi connectivity index (χ4n) is 3.20. The van der Waals surface area contributed by atoms with Crippen molar-refractivity contribution in [3.05, 3.63) is 53.6 Å². The number of anilines is 2. The number of aryl methyl sites for hydroxylation is 2. The van der Waals surface area contributed by atoms with Crippen LogP contribution in [0.25, 0.3) is 0 Å². The minimum Gasteiger partial charge on any atom is -0.326 e. The number of carbonyl (C=O) groups is 2. The van der Waals surface area contributed by atoms with E-state index >= 15 is 0 Å². The van der Waals surface area contributed by atoms with E-state index < -0.39 is 6.04 Å². The first-order valence-corrected chi connectivity index (χ1v) is 9.80. The fourth-order valence-corrected chi connectivity index (χ4v) is 3.66. The Morgan fingerprint density at radius 1 is 1.15 bits per heavy atom. The molecule has 0 radical (unpaired) electrons. The molecule has 0 aromatic heterocycles. The summed E-state index contributed by atoms with van der Waals surface area (Å²) in [6.45, 7) is 4.64. The summed E-state index contributed by atoms with van der Waals surface area (Å²) in [5.74, 6) is -0.0667. The summed E-state index contributed by atoms with van der Waals surface area (Å²) < 4.78 is 0. The maximum absolute atomic E-state index is 12.7. The molecule has 136 valence electrons. The van der Waals surface area contributed by atoms with E-state index in [1.54, 1.807) is 16.7 Å². The van der Waals surface area contributed by atoms with Gasteiger partial charge in [-0.3, -0.25) is 4.79 Å². The number of hydrogen-bond donors (Lipinski definition) is 2. The Kier molecular flexibility index (Phi) is 5.52. The molecule has 1 atom stereocenters. The lowest BCUT2D eigenvalue weighted by molar-refractivity contribution is -0.118. The molecule has 0 saturated carbocycles. The highest BCUT2D eigenvalue weighted by molar-refractivity contribution is 7.98. The number of carbonyl (C=O) groups excluding carboxylic acids is 2. The second-order valence-corrected chi connectivity index (χ2v) is 7.39. The number of urea groups is 1. The van der Waals surface area contributed by atoms with Crippen LogP contribution in [0.3, 0.4) is 0 Å². The Balaban J connectivity index is 1.63. The van der Waals surface area contributed by atoms with Crippen molar-refractivity contribution in [2.45, 2.75) is 31.2 Å². The number of benzene rings is 2. The van der Waals surface area contributed by atoms with E-state index in [4.69, 9.17) is 0 Å². The van der Waals surface area contributed by atoms with E-state index in [2.05, 4.69) is 16.7 Å². The lowest BCUT2D eigenvalue weighted by Crippen LogP contribution is -2.43. The number of hydrogen-bond acceptors (Lipinski definition) is 3. The second kappa shape index (κ2) is 7.83. The quantitative estimate of drug-likeness (QED) is 0.802. The Labute approximate surface area is 158 Å². The van der Waals surface area contributed by atoms with Crippen LogP contribution in [-0.4, -0.2) is 30.8 Å². The number of rotatable bonds is 4. The van der Waals surface area contributed by atoms with Gasteiger partial charge < -0.3 is 15.5 Å². The molecule has 26 heavy (non-hydrogen) atoms. The van der Waals surface area contributed by atoms with Crippen LogP contribution in [-0.2, 0) is 4.79 Å². The third-order valence-electron chi connectivity index (χ3n) is 4.36. The molecular formula is C20H23N3O2S. The molecular weight excluding hydrogens is 346 g/mol. The van der Waals surface area contributed by atoms with Crippen molar-refractivity contribution in [3.63, 3.8) is 0 Å². The third kappa shape index (κ3) is 4.19. The SMILES string of the molecule is CSc1cccc(NC(=O)N[C@H]2CCN(c3cc(C)cc(C)c3)C2=O)c1. The van der Waals surface area contributed by atoms with Gasteiger partial charge in [-0.2, -0.15) is 0 Å². The second-order valence-electron chi connectivity index (χ2n) is 6.51. The van der Waals surface area contributed by atoms with Crippen LogP contribution < -0.4 is 15.5 Å². The van der Waals surface area contributed by atoms with E-state index in [1.807, 2.05) is 56.5 Å². The molecule has 0 bridgehead atoms. The van der Waals surface area contributed by atoms with Crippen molar-refractivity contribution in [1.29, 1.82) is 0 Å². The Bertz CT molecular complexity index is 817. The average molecular weight is 369 g/mol. The summed E-state index contributed by atoms with van der Waals surface area (Å²) in [7, 11) is 0. The van der Waals surface area contributed by atoms with Crippen molar-refractivity contribution >= 4 is 35.1 Å².